The van der Waals surface area contributed by atoms with E-state index in [1.807, 2.05) is 57.6 Å². The molecule has 0 aromatic carbocycles. The van der Waals surface area contributed by atoms with Crippen molar-refractivity contribution in [1.29, 1.82) is 0 Å². The average molecular weight is 406 g/mol. The molecule has 0 saturated carbocycles. The minimum Gasteiger partial charge on any atom is -0.328 e. The van der Waals surface area contributed by atoms with Crippen molar-refractivity contribution in [2.75, 3.05) is 0 Å². The highest BCUT2D eigenvalue weighted by atomic mass is 16.2. The summed E-state index contributed by atoms with van der Waals surface area (Å²) in [7, 11) is 0. The van der Waals surface area contributed by atoms with Gasteiger partial charge in [0.15, 0.2) is 22.9 Å². The maximum absolute atomic E-state index is 12.9. The minimum absolute atomic E-state index is 0.246. The van der Waals surface area contributed by atoms with Gasteiger partial charge in [-0.05, 0) is 37.1 Å². The first-order chi connectivity index (χ1) is 14.7. The first-order valence-corrected chi connectivity index (χ1v) is 10.4. The number of nitrogens with one attached hydrogen (secondary N) is 2. The van der Waals surface area contributed by atoms with Gasteiger partial charge in [-0.1, -0.05) is 38.8 Å². The van der Waals surface area contributed by atoms with E-state index in [1.165, 1.54) is 0 Å². The van der Waals surface area contributed by atoms with Gasteiger partial charge in [-0.3, -0.25) is 8.80 Å². The maximum Gasteiger partial charge on any atom is 0.315 e. The Morgan fingerprint density at radius 1 is 0.800 bits per heavy atom. The Labute approximate surface area is 174 Å². The Morgan fingerprint density at radius 3 is 1.70 bits per heavy atom. The molecule has 4 heterocycles. The number of amides is 2. The number of rotatable bonds is 8. The molecule has 2 amide bonds. The van der Waals surface area contributed by atoms with E-state index in [9.17, 15) is 4.79 Å². The van der Waals surface area contributed by atoms with Crippen LogP contribution in [0.25, 0.3) is 11.3 Å². The monoisotopic (exact) mass is 406 g/mol. The van der Waals surface area contributed by atoms with Gasteiger partial charge in [0, 0.05) is 12.4 Å². The van der Waals surface area contributed by atoms with Crippen molar-refractivity contribution in [1.82, 2.24) is 39.8 Å². The molecule has 30 heavy (non-hydrogen) atoms. The summed E-state index contributed by atoms with van der Waals surface area (Å²) in [4.78, 5) is 12.9. The fourth-order valence-electron chi connectivity index (χ4n) is 3.66. The number of fused-ring (bicyclic) bond motifs is 2. The number of urea groups is 1. The first-order valence-electron chi connectivity index (χ1n) is 10.4. The molecule has 4 aromatic heterocycles. The summed E-state index contributed by atoms with van der Waals surface area (Å²) in [6.45, 7) is 4.16. The Balaban J connectivity index is 1.54. The summed E-state index contributed by atoms with van der Waals surface area (Å²) in [5.74, 6) is 1.45. The van der Waals surface area contributed by atoms with Gasteiger partial charge < -0.3 is 10.6 Å². The van der Waals surface area contributed by atoms with Crippen molar-refractivity contribution in [2.24, 2.45) is 0 Å². The molecule has 0 aliphatic rings. The Morgan fingerprint density at radius 2 is 1.27 bits per heavy atom. The Bertz CT molecular complexity index is 1050. The maximum atomic E-state index is 12.9. The third-order valence-electron chi connectivity index (χ3n) is 5.07. The van der Waals surface area contributed by atoms with Gasteiger partial charge in [0.2, 0.25) is 0 Å². The molecule has 0 fully saturated rings. The summed E-state index contributed by atoms with van der Waals surface area (Å²) in [6.07, 6.45) is 7.15. The summed E-state index contributed by atoms with van der Waals surface area (Å²) >= 11 is 0. The molecular weight excluding hydrogens is 380 g/mol. The van der Waals surface area contributed by atoms with Crippen molar-refractivity contribution >= 4 is 17.3 Å². The second-order valence-corrected chi connectivity index (χ2v) is 7.27. The minimum atomic E-state index is -0.257. The largest absolute Gasteiger partial charge is 0.328 e. The highest BCUT2D eigenvalue weighted by molar-refractivity contribution is 5.74. The lowest BCUT2D eigenvalue weighted by Crippen LogP contribution is -2.41. The lowest BCUT2D eigenvalue weighted by Gasteiger charge is -2.21. The number of nitrogens with zero attached hydrogens (tertiary/aromatic N) is 6. The van der Waals surface area contributed by atoms with Gasteiger partial charge in [-0.2, -0.15) is 0 Å². The van der Waals surface area contributed by atoms with Crippen LogP contribution in [0.4, 0.5) is 4.79 Å². The lowest BCUT2D eigenvalue weighted by molar-refractivity contribution is 0.230. The van der Waals surface area contributed by atoms with Crippen LogP contribution in [-0.4, -0.2) is 35.2 Å². The SMILES string of the molecule is CCCC(NC(=O)NC(CCC)c1nnc2ccccn12)c1nnc2ccccn12. The Kier molecular flexibility index (Phi) is 5.87. The zero-order chi connectivity index (χ0) is 20.9. The smallest absolute Gasteiger partial charge is 0.315 e. The molecular formula is C21H26N8O. The van der Waals surface area contributed by atoms with Gasteiger partial charge in [-0.15, -0.1) is 20.4 Å². The van der Waals surface area contributed by atoms with Crippen LogP contribution in [0.15, 0.2) is 48.8 Å². The third-order valence-corrected chi connectivity index (χ3v) is 5.07. The van der Waals surface area contributed by atoms with E-state index >= 15 is 0 Å². The Hall–Kier alpha value is -3.49. The van der Waals surface area contributed by atoms with Crippen LogP contribution in [0, 0.1) is 0 Å². The predicted molar refractivity (Wildman–Crippen MR) is 113 cm³/mol. The number of aromatic nitrogens is 6. The molecule has 0 radical (unpaired) electrons. The lowest BCUT2D eigenvalue weighted by atomic mass is 10.1. The predicted octanol–water partition coefficient (Wildman–Crippen LogP) is 3.45. The molecule has 0 saturated heterocycles. The van der Waals surface area contributed by atoms with Crippen LogP contribution in [-0.2, 0) is 0 Å². The van der Waals surface area contributed by atoms with Crippen molar-refractivity contribution in [3.63, 3.8) is 0 Å². The van der Waals surface area contributed by atoms with Crippen molar-refractivity contribution in [3.8, 4) is 0 Å². The van der Waals surface area contributed by atoms with Crippen LogP contribution in [0.5, 0.6) is 0 Å². The van der Waals surface area contributed by atoms with E-state index in [2.05, 4.69) is 44.9 Å². The van der Waals surface area contributed by atoms with Gasteiger partial charge in [0.1, 0.15) is 0 Å². The molecule has 0 bridgehead atoms. The van der Waals surface area contributed by atoms with E-state index in [1.54, 1.807) is 0 Å². The van der Waals surface area contributed by atoms with Crippen LogP contribution < -0.4 is 10.6 Å². The van der Waals surface area contributed by atoms with E-state index in [0.29, 0.717) is 0 Å². The highest BCUT2D eigenvalue weighted by Gasteiger charge is 2.23. The highest BCUT2D eigenvalue weighted by Crippen LogP contribution is 2.20. The standard InChI is InChI=1S/C21H26N8O/c1-3-9-15(19-26-24-17-11-5-7-13-28(17)19)22-21(30)23-16(10-4-2)20-27-25-18-12-6-8-14-29(18)20/h5-8,11-16H,3-4,9-10H2,1-2H3,(H2,22,23,30). The zero-order valence-corrected chi connectivity index (χ0v) is 17.2. The van der Waals surface area contributed by atoms with Crippen LogP contribution in [0.2, 0.25) is 0 Å². The molecule has 9 nitrogen and oxygen atoms in total. The molecule has 0 spiro atoms. The number of carbonyl (C=O) groups is 1. The summed E-state index contributed by atoms with van der Waals surface area (Å²) in [6, 6.07) is 10.7. The molecule has 156 valence electrons. The van der Waals surface area contributed by atoms with Crippen molar-refractivity contribution in [2.45, 2.75) is 51.6 Å². The van der Waals surface area contributed by atoms with Gasteiger partial charge in [0.05, 0.1) is 12.1 Å². The number of hydrogen-bond donors (Lipinski definition) is 2. The second kappa shape index (κ2) is 8.89. The van der Waals surface area contributed by atoms with Crippen LogP contribution >= 0.6 is 0 Å². The van der Waals surface area contributed by atoms with Crippen molar-refractivity contribution < 1.29 is 4.79 Å². The average Bonchev–Trinajstić information content (AvgIpc) is 3.37. The van der Waals surface area contributed by atoms with Crippen LogP contribution in [0.3, 0.4) is 0 Å². The topological polar surface area (TPSA) is 102 Å². The van der Waals surface area contributed by atoms with E-state index in [-0.39, 0.29) is 18.1 Å². The molecule has 2 N–H and O–H groups in total. The summed E-state index contributed by atoms with van der Waals surface area (Å²) < 4.78 is 3.83. The molecule has 4 aromatic rings. The second-order valence-electron chi connectivity index (χ2n) is 7.27. The third kappa shape index (κ3) is 3.96. The van der Waals surface area contributed by atoms with E-state index in [0.717, 1.165) is 48.6 Å². The molecule has 0 aliphatic carbocycles. The normalized spacial score (nSPS) is 13.4. The molecule has 9 heteroatoms. The fourth-order valence-corrected chi connectivity index (χ4v) is 3.66. The summed E-state index contributed by atoms with van der Waals surface area (Å²) in [5.41, 5.74) is 1.52. The molecule has 0 aliphatic heterocycles. The van der Waals surface area contributed by atoms with Crippen molar-refractivity contribution in [3.05, 3.63) is 60.4 Å². The quantitative estimate of drug-likeness (QED) is 0.467. The molecule has 2 unspecified atom stereocenters. The number of hydrogen-bond acceptors (Lipinski definition) is 5. The van der Waals surface area contributed by atoms with Gasteiger partial charge in [0.25, 0.3) is 0 Å². The van der Waals surface area contributed by atoms with E-state index < -0.39 is 0 Å². The van der Waals surface area contributed by atoms with Crippen LogP contribution in [0.1, 0.15) is 63.3 Å². The number of pyridine rings is 2. The first kappa shape index (κ1) is 19.8. The summed E-state index contributed by atoms with van der Waals surface area (Å²) in [5, 5.41) is 23.2. The zero-order valence-electron chi connectivity index (χ0n) is 17.2. The number of carbonyl (C=O) groups excluding carboxylic acids is 1. The van der Waals surface area contributed by atoms with Gasteiger partial charge >= 0.3 is 6.03 Å². The van der Waals surface area contributed by atoms with Gasteiger partial charge in [-0.25, -0.2) is 4.79 Å². The van der Waals surface area contributed by atoms with E-state index in [4.69, 9.17) is 0 Å². The fraction of sp³-hybridized carbons (Fsp3) is 0.381. The molecule has 2 atom stereocenters. The molecule has 4 rings (SSSR count).